The molecule has 0 radical (unpaired) electrons. The summed E-state index contributed by atoms with van der Waals surface area (Å²) in [6.45, 7) is 7.18. The van der Waals surface area contributed by atoms with Crippen LogP contribution in [-0.4, -0.2) is 27.1 Å². The van der Waals surface area contributed by atoms with Gasteiger partial charge in [0, 0.05) is 17.4 Å². The molecular formula is C14H20N2O3S2. The molecule has 1 amide bonds. The van der Waals surface area contributed by atoms with Crippen molar-refractivity contribution in [1.29, 1.82) is 0 Å². The minimum Gasteiger partial charge on any atom is -0.325 e. The van der Waals surface area contributed by atoms with Crippen LogP contribution < -0.4 is 10.0 Å². The Morgan fingerprint density at radius 1 is 1.43 bits per heavy atom. The summed E-state index contributed by atoms with van der Waals surface area (Å²) in [5.74, 6) is -0.335. The van der Waals surface area contributed by atoms with Crippen LogP contribution in [0.3, 0.4) is 0 Å². The lowest BCUT2D eigenvalue weighted by atomic mass is 10.2. The maximum Gasteiger partial charge on any atom is 0.240 e. The molecular weight excluding hydrogens is 308 g/mol. The number of hydrogen-bond acceptors (Lipinski definition) is 4. The van der Waals surface area contributed by atoms with Gasteiger partial charge in [0.05, 0.1) is 10.6 Å². The monoisotopic (exact) mass is 328 g/mol. The highest BCUT2D eigenvalue weighted by molar-refractivity contribution is 7.98. The van der Waals surface area contributed by atoms with Gasteiger partial charge < -0.3 is 5.32 Å². The molecule has 0 unspecified atom stereocenters. The number of sulfonamides is 1. The summed E-state index contributed by atoms with van der Waals surface area (Å²) in [5, 5.41) is 2.76. The van der Waals surface area contributed by atoms with Crippen molar-refractivity contribution >= 4 is 33.4 Å². The van der Waals surface area contributed by atoms with Gasteiger partial charge in [0.15, 0.2) is 0 Å². The van der Waals surface area contributed by atoms with Gasteiger partial charge in [-0.25, -0.2) is 13.1 Å². The van der Waals surface area contributed by atoms with Crippen LogP contribution in [0.15, 0.2) is 40.6 Å². The maximum atomic E-state index is 12.1. The normalized spacial score (nSPS) is 11.4. The second-order valence-electron chi connectivity index (χ2n) is 4.65. The summed E-state index contributed by atoms with van der Waals surface area (Å²) >= 11 is 1.44. The van der Waals surface area contributed by atoms with Gasteiger partial charge in [0.1, 0.15) is 0 Å². The van der Waals surface area contributed by atoms with Crippen LogP contribution in [0, 0.1) is 5.92 Å². The highest BCUT2D eigenvalue weighted by Crippen LogP contribution is 2.28. The van der Waals surface area contributed by atoms with Crippen molar-refractivity contribution in [2.75, 3.05) is 18.1 Å². The van der Waals surface area contributed by atoms with Gasteiger partial charge in [-0.2, -0.15) is 0 Å². The number of anilines is 1. The Morgan fingerprint density at radius 2 is 2.10 bits per heavy atom. The van der Waals surface area contributed by atoms with E-state index in [-0.39, 0.29) is 23.3 Å². The Kier molecular flexibility index (Phi) is 6.44. The van der Waals surface area contributed by atoms with Gasteiger partial charge in [0.25, 0.3) is 0 Å². The van der Waals surface area contributed by atoms with Gasteiger partial charge in [0.2, 0.25) is 15.9 Å². The van der Waals surface area contributed by atoms with Crippen molar-refractivity contribution < 1.29 is 13.2 Å². The van der Waals surface area contributed by atoms with E-state index in [1.165, 1.54) is 30.0 Å². The van der Waals surface area contributed by atoms with Crippen LogP contribution in [-0.2, 0) is 14.8 Å². The van der Waals surface area contributed by atoms with Gasteiger partial charge in [-0.3, -0.25) is 4.79 Å². The molecule has 0 fully saturated rings. The SMILES string of the molecule is C=CCNS(=O)(=O)c1ccc(SC)c(NC(=O)C(C)C)c1. The molecule has 1 aromatic carbocycles. The minimum absolute atomic E-state index is 0.112. The van der Waals surface area contributed by atoms with E-state index in [1.54, 1.807) is 19.9 Å². The predicted molar refractivity (Wildman–Crippen MR) is 87.1 cm³/mol. The molecule has 0 heterocycles. The van der Waals surface area contributed by atoms with E-state index < -0.39 is 10.0 Å². The van der Waals surface area contributed by atoms with Crippen molar-refractivity contribution in [3.8, 4) is 0 Å². The number of carbonyl (C=O) groups excluding carboxylic acids is 1. The summed E-state index contributed by atoms with van der Waals surface area (Å²) < 4.78 is 26.6. The van der Waals surface area contributed by atoms with E-state index in [4.69, 9.17) is 0 Å². The number of hydrogen-bond donors (Lipinski definition) is 2. The molecule has 7 heteroatoms. The van der Waals surface area contributed by atoms with Gasteiger partial charge in [-0.05, 0) is 24.5 Å². The molecule has 0 aliphatic carbocycles. The highest BCUT2D eigenvalue weighted by atomic mass is 32.2. The molecule has 2 N–H and O–H groups in total. The minimum atomic E-state index is -3.61. The molecule has 0 aliphatic heterocycles. The lowest BCUT2D eigenvalue weighted by Crippen LogP contribution is -2.24. The Bertz CT molecular complexity index is 625. The van der Waals surface area contributed by atoms with Crippen LogP contribution >= 0.6 is 11.8 Å². The Labute approximate surface area is 130 Å². The molecule has 0 saturated heterocycles. The molecule has 0 bridgehead atoms. The number of nitrogens with one attached hydrogen (secondary N) is 2. The third-order valence-electron chi connectivity index (χ3n) is 2.68. The lowest BCUT2D eigenvalue weighted by molar-refractivity contribution is -0.118. The van der Waals surface area contributed by atoms with Gasteiger partial charge >= 0.3 is 0 Å². The van der Waals surface area contributed by atoms with E-state index in [0.717, 1.165) is 4.90 Å². The van der Waals surface area contributed by atoms with E-state index in [9.17, 15) is 13.2 Å². The first-order chi connectivity index (χ1) is 9.81. The maximum absolute atomic E-state index is 12.1. The largest absolute Gasteiger partial charge is 0.325 e. The van der Waals surface area contributed by atoms with Crippen molar-refractivity contribution in [2.45, 2.75) is 23.6 Å². The zero-order valence-electron chi connectivity index (χ0n) is 12.3. The first kappa shape index (κ1) is 17.7. The van der Waals surface area contributed by atoms with Crippen molar-refractivity contribution in [3.63, 3.8) is 0 Å². The van der Waals surface area contributed by atoms with Gasteiger partial charge in [-0.15, -0.1) is 18.3 Å². The summed E-state index contributed by atoms with van der Waals surface area (Å²) in [6, 6.07) is 4.67. The first-order valence-corrected chi connectivity index (χ1v) is 9.12. The molecule has 0 atom stereocenters. The van der Waals surface area contributed by atoms with Crippen LogP contribution in [0.1, 0.15) is 13.8 Å². The number of amides is 1. The highest BCUT2D eigenvalue weighted by Gasteiger charge is 2.17. The number of thioether (sulfide) groups is 1. The van der Waals surface area contributed by atoms with E-state index in [1.807, 2.05) is 6.26 Å². The average molecular weight is 328 g/mol. The first-order valence-electron chi connectivity index (χ1n) is 6.41. The van der Waals surface area contributed by atoms with Crippen LogP contribution in [0.25, 0.3) is 0 Å². The third-order valence-corrected chi connectivity index (χ3v) is 4.90. The second kappa shape index (κ2) is 7.63. The zero-order chi connectivity index (χ0) is 16.0. The quantitative estimate of drug-likeness (QED) is 0.595. The molecule has 21 heavy (non-hydrogen) atoms. The topological polar surface area (TPSA) is 75.3 Å². The molecule has 0 aromatic heterocycles. The number of benzene rings is 1. The summed E-state index contributed by atoms with van der Waals surface area (Å²) in [4.78, 5) is 12.7. The summed E-state index contributed by atoms with van der Waals surface area (Å²) in [7, 11) is -3.61. The molecule has 5 nitrogen and oxygen atoms in total. The molecule has 116 valence electrons. The molecule has 1 aromatic rings. The second-order valence-corrected chi connectivity index (χ2v) is 7.26. The molecule has 1 rings (SSSR count). The van der Waals surface area contributed by atoms with E-state index in [2.05, 4.69) is 16.6 Å². The number of carbonyl (C=O) groups is 1. The van der Waals surface area contributed by atoms with Crippen molar-refractivity contribution in [2.24, 2.45) is 5.92 Å². The smallest absolute Gasteiger partial charge is 0.240 e. The van der Waals surface area contributed by atoms with Crippen molar-refractivity contribution in [3.05, 3.63) is 30.9 Å². The molecule has 0 saturated carbocycles. The Balaban J connectivity index is 3.16. The summed E-state index contributed by atoms with van der Waals surface area (Å²) in [5.41, 5.74) is 0.502. The standard InChI is InChI=1S/C14H20N2O3S2/c1-5-8-15-21(18,19)11-6-7-13(20-4)12(9-11)16-14(17)10(2)3/h5-7,9-10,15H,1,8H2,2-4H3,(H,16,17). The fraction of sp³-hybridized carbons (Fsp3) is 0.357. The average Bonchev–Trinajstić information content (AvgIpc) is 2.44. The summed E-state index contributed by atoms with van der Waals surface area (Å²) in [6.07, 6.45) is 3.33. The van der Waals surface area contributed by atoms with E-state index in [0.29, 0.717) is 5.69 Å². The lowest BCUT2D eigenvalue weighted by Gasteiger charge is -2.13. The third kappa shape index (κ3) is 4.87. The van der Waals surface area contributed by atoms with Crippen LogP contribution in [0.2, 0.25) is 0 Å². The van der Waals surface area contributed by atoms with Crippen molar-refractivity contribution in [1.82, 2.24) is 4.72 Å². The van der Waals surface area contributed by atoms with E-state index >= 15 is 0 Å². The van der Waals surface area contributed by atoms with Crippen LogP contribution in [0.5, 0.6) is 0 Å². The predicted octanol–water partition coefficient (Wildman–Crippen LogP) is 2.47. The number of rotatable bonds is 7. The fourth-order valence-corrected chi connectivity index (χ4v) is 3.04. The van der Waals surface area contributed by atoms with Gasteiger partial charge in [-0.1, -0.05) is 19.9 Å². The zero-order valence-corrected chi connectivity index (χ0v) is 14.0. The molecule has 0 spiro atoms. The molecule has 0 aliphatic rings. The fourth-order valence-electron chi connectivity index (χ4n) is 1.48. The Morgan fingerprint density at radius 3 is 2.62 bits per heavy atom. The Hall–Kier alpha value is -1.31. The van der Waals surface area contributed by atoms with Crippen LogP contribution in [0.4, 0.5) is 5.69 Å².